The molecule has 0 aromatic heterocycles. The highest BCUT2D eigenvalue weighted by Crippen LogP contribution is 2.15. The summed E-state index contributed by atoms with van der Waals surface area (Å²) in [6, 6.07) is 7.88. The molecule has 1 aromatic rings. The minimum Gasteiger partial charge on any atom is -0.492 e. The van der Waals surface area contributed by atoms with E-state index in [-0.39, 0.29) is 0 Å². The second kappa shape index (κ2) is 10.2. The number of nitrogens with one attached hydrogen (secondary N) is 1. The minimum absolute atomic E-state index is 0.684. The van der Waals surface area contributed by atoms with Gasteiger partial charge in [-0.15, -0.1) is 0 Å². The summed E-state index contributed by atoms with van der Waals surface area (Å²) in [5, 5.41) is 3.36. The first-order valence-corrected chi connectivity index (χ1v) is 7.28. The van der Waals surface area contributed by atoms with E-state index in [9.17, 15) is 0 Å². The first kappa shape index (κ1) is 16.4. The van der Waals surface area contributed by atoms with Crippen LogP contribution < -0.4 is 10.1 Å². The van der Waals surface area contributed by atoms with E-state index in [0.717, 1.165) is 43.0 Å². The van der Waals surface area contributed by atoms with Gasteiger partial charge in [-0.3, -0.25) is 0 Å². The second-order valence-electron chi connectivity index (χ2n) is 4.35. The lowest BCUT2D eigenvalue weighted by molar-refractivity contribution is 0.161. The van der Waals surface area contributed by atoms with E-state index >= 15 is 0 Å². The van der Waals surface area contributed by atoms with Gasteiger partial charge in [0.1, 0.15) is 12.4 Å². The lowest BCUT2D eigenvalue weighted by atomic mass is 10.3. The van der Waals surface area contributed by atoms with Crippen LogP contribution in [0, 0.1) is 0 Å². The van der Waals surface area contributed by atoms with Crippen LogP contribution in [-0.4, -0.2) is 58.5 Å². The van der Waals surface area contributed by atoms with Crippen molar-refractivity contribution in [3.63, 3.8) is 0 Å². The Balaban J connectivity index is 1.98. The van der Waals surface area contributed by atoms with Gasteiger partial charge in [-0.1, -0.05) is 15.9 Å². The zero-order valence-electron chi connectivity index (χ0n) is 11.7. The van der Waals surface area contributed by atoms with Crippen molar-refractivity contribution in [2.75, 3.05) is 53.6 Å². The van der Waals surface area contributed by atoms with Crippen LogP contribution in [0.5, 0.6) is 5.75 Å². The highest BCUT2D eigenvalue weighted by Gasteiger charge is 1.97. The Morgan fingerprint density at radius 2 is 1.84 bits per heavy atom. The van der Waals surface area contributed by atoms with E-state index in [2.05, 4.69) is 33.2 Å². The van der Waals surface area contributed by atoms with Gasteiger partial charge in [-0.2, -0.15) is 0 Å². The van der Waals surface area contributed by atoms with Crippen molar-refractivity contribution >= 4 is 15.9 Å². The fourth-order valence-electron chi connectivity index (χ4n) is 1.53. The number of nitrogens with zero attached hydrogens (tertiary/aromatic N) is 1. The molecule has 0 amide bonds. The van der Waals surface area contributed by atoms with Crippen molar-refractivity contribution in [2.24, 2.45) is 0 Å². The molecule has 1 rings (SSSR count). The molecule has 1 N–H and O–H groups in total. The molecular weight excluding hydrogens is 308 g/mol. The molecule has 0 aliphatic rings. The van der Waals surface area contributed by atoms with E-state index in [1.54, 1.807) is 7.11 Å². The predicted octanol–water partition coefficient (Wildman–Crippen LogP) is 2.00. The summed E-state index contributed by atoms with van der Waals surface area (Å²) in [5.41, 5.74) is 0. The number of hydrogen-bond acceptors (Lipinski definition) is 4. The summed E-state index contributed by atoms with van der Waals surface area (Å²) in [4.78, 5) is 2.24. The number of hydrogen-bond donors (Lipinski definition) is 1. The molecule has 4 nitrogen and oxygen atoms in total. The average molecular weight is 331 g/mol. The predicted molar refractivity (Wildman–Crippen MR) is 81.9 cm³/mol. The average Bonchev–Trinajstić information content (AvgIpc) is 2.42. The lowest BCUT2D eigenvalue weighted by Crippen LogP contribution is -2.33. The Morgan fingerprint density at radius 1 is 1.11 bits per heavy atom. The Labute approximate surface area is 124 Å². The summed E-state index contributed by atoms with van der Waals surface area (Å²) in [5.74, 6) is 0.905. The molecule has 5 heteroatoms. The van der Waals surface area contributed by atoms with Gasteiger partial charge in [-0.25, -0.2) is 0 Å². The summed E-state index contributed by atoms with van der Waals surface area (Å²) in [6.07, 6.45) is 0. The van der Waals surface area contributed by atoms with Crippen LogP contribution in [0.15, 0.2) is 28.7 Å². The molecule has 0 fully saturated rings. The molecule has 0 bridgehead atoms. The molecule has 0 aliphatic carbocycles. The standard InChI is InChI=1S/C14H23BrN2O2/c1-17(10-12-18-2)9-7-16-8-11-19-14-5-3-13(15)4-6-14/h3-6,16H,7-12H2,1-2H3. The first-order valence-electron chi connectivity index (χ1n) is 6.49. The largest absolute Gasteiger partial charge is 0.492 e. The maximum atomic E-state index is 5.62. The van der Waals surface area contributed by atoms with Crippen LogP contribution in [0.25, 0.3) is 0 Å². The highest BCUT2D eigenvalue weighted by molar-refractivity contribution is 9.10. The number of likely N-dealkylation sites (N-methyl/N-ethyl adjacent to an activating group) is 1. The zero-order chi connectivity index (χ0) is 13.9. The Bertz CT molecular complexity index is 333. The molecule has 0 heterocycles. The number of benzene rings is 1. The van der Waals surface area contributed by atoms with Crippen molar-refractivity contribution < 1.29 is 9.47 Å². The van der Waals surface area contributed by atoms with Crippen molar-refractivity contribution in [1.29, 1.82) is 0 Å². The molecule has 0 unspecified atom stereocenters. The van der Waals surface area contributed by atoms with Gasteiger partial charge in [0.25, 0.3) is 0 Å². The summed E-state index contributed by atoms with van der Waals surface area (Å²) >= 11 is 3.40. The number of ether oxygens (including phenoxy) is 2. The van der Waals surface area contributed by atoms with E-state index in [1.807, 2.05) is 24.3 Å². The Hall–Kier alpha value is -0.620. The topological polar surface area (TPSA) is 33.7 Å². The van der Waals surface area contributed by atoms with E-state index in [1.165, 1.54) is 0 Å². The molecule has 19 heavy (non-hydrogen) atoms. The zero-order valence-corrected chi connectivity index (χ0v) is 13.3. The minimum atomic E-state index is 0.684. The van der Waals surface area contributed by atoms with Crippen LogP contribution >= 0.6 is 15.9 Å². The van der Waals surface area contributed by atoms with E-state index < -0.39 is 0 Å². The SMILES string of the molecule is COCCN(C)CCNCCOc1ccc(Br)cc1. The van der Waals surface area contributed by atoms with Crippen LogP contribution in [0.2, 0.25) is 0 Å². The molecule has 0 radical (unpaired) electrons. The monoisotopic (exact) mass is 330 g/mol. The first-order chi connectivity index (χ1) is 9.22. The maximum Gasteiger partial charge on any atom is 0.119 e. The van der Waals surface area contributed by atoms with Gasteiger partial charge in [0, 0.05) is 37.8 Å². The van der Waals surface area contributed by atoms with Gasteiger partial charge >= 0.3 is 0 Å². The second-order valence-corrected chi connectivity index (χ2v) is 5.26. The molecule has 0 saturated carbocycles. The molecule has 1 aromatic carbocycles. The third kappa shape index (κ3) is 8.21. The number of methoxy groups -OCH3 is 1. The van der Waals surface area contributed by atoms with Crippen LogP contribution in [0.1, 0.15) is 0 Å². The van der Waals surface area contributed by atoms with Gasteiger partial charge in [0.05, 0.1) is 6.61 Å². The van der Waals surface area contributed by atoms with E-state index in [4.69, 9.17) is 9.47 Å². The normalized spacial score (nSPS) is 10.9. The van der Waals surface area contributed by atoms with Crippen molar-refractivity contribution in [3.8, 4) is 5.75 Å². The van der Waals surface area contributed by atoms with Crippen LogP contribution in [0.4, 0.5) is 0 Å². The van der Waals surface area contributed by atoms with Gasteiger partial charge in [0.2, 0.25) is 0 Å². The summed E-state index contributed by atoms with van der Waals surface area (Å²) in [7, 11) is 3.82. The van der Waals surface area contributed by atoms with Crippen LogP contribution in [0.3, 0.4) is 0 Å². The highest BCUT2D eigenvalue weighted by atomic mass is 79.9. The number of halogens is 1. The molecular formula is C14H23BrN2O2. The van der Waals surface area contributed by atoms with E-state index in [0.29, 0.717) is 6.61 Å². The fraction of sp³-hybridized carbons (Fsp3) is 0.571. The van der Waals surface area contributed by atoms with Crippen molar-refractivity contribution in [1.82, 2.24) is 10.2 Å². The fourth-order valence-corrected chi connectivity index (χ4v) is 1.79. The molecule has 0 spiro atoms. The van der Waals surface area contributed by atoms with Gasteiger partial charge in [0.15, 0.2) is 0 Å². The lowest BCUT2D eigenvalue weighted by Gasteiger charge is -2.16. The smallest absolute Gasteiger partial charge is 0.119 e. The molecule has 0 atom stereocenters. The van der Waals surface area contributed by atoms with Crippen molar-refractivity contribution in [3.05, 3.63) is 28.7 Å². The molecule has 0 saturated heterocycles. The van der Waals surface area contributed by atoms with Gasteiger partial charge < -0.3 is 19.7 Å². The summed E-state index contributed by atoms with van der Waals surface area (Å²) < 4.78 is 11.7. The Kier molecular flexibility index (Phi) is 8.82. The molecule has 0 aliphatic heterocycles. The molecule has 108 valence electrons. The summed E-state index contributed by atoms with van der Waals surface area (Å²) in [6.45, 7) is 5.26. The third-order valence-corrected chi connectivity index (χ3v) is 3.24. The van der Waals surface area contributed by atoms with Crippen molar-refractivity contribution in [2.45, 2.75) is 0 Å². The quantitative estimate of drug-likeness (QED) is 0.665. The van der Waals surface area contributed by atoms with Crippen LogP contribution in [-0.2, 0) is 4.74 Å². The number of rotatable bonds is 10. The van der Waals surface area contributed by atoms with Gasteiger partial charge in [-0.05, 0) is 31.3 Å². The third-order valence-electron chi connectivity index (χ3n) is 2.71. The Morgan fingerprint density at radius 3 is 2.53 bits per heavy atom. The maximum absolute atomic E-state index is 5.62.